The number of nitrogens with one attached hydrogen (secondary N) is 1. The lowest BCUT2D eigenvalue weighted by Gasteiger charge is -2.58. The quantitative estimate of drug-likeness (QED) is 0.446. The fourth-order valence-corrected chi connectivity index (χ4v) is 8.26. The van der Waals surface area contributed by atoms with E-state index in [0.717, 1.165) is 30.0 Å². The van der Waals surface area contributed by atoms with Gasteiger partial charge >= 0.3 is 0 Å². The van der Waals surface area contributed by atoms with Gasteiger partial charge in [-0.15, -0.1) is 0 Å². The zero-order chi connectivity index (χ0) is 25.7. The van der Waals surface area contributed by atoms with E-state index in [0.29, 0.717) is 21.5 Å². The Hall–Kier alpha value is -2.64. The molecule has 0 radical (unpaired) electrons. The summed E-state index contributed by atoms with van der Waals surface area (Å²) in [6.45, 7) is 0.742. The topological polar surface area (TPSA) is 61.9 Å². The predicted molar refractivity (Wildman–Crippen MR) is 149 cm³/mol. The van der Waals surface area contributed by atoms with Crippen molar-refractivity contribution >= 4 is 52.1 Å². The van der Waals surface area contributed by atoms with Gasteiger partial charge in [0, 0.05) is 17.3 Å². The molecule has 2 aromatic carbocycles. The molecule has 1 saturated heterocycles. The van der Waals surface area contributed by atoms with Gasteiger partial charge in [0.15, 0.2) is 5.11 Å². The van der Waals surface area contributed by atoms with Crippen LogP contribution in [0, 0.1) is 23.2 Å². The summed E-state index contributed by atoms with van der Waals surface area (Å²) >= 11 is 12.1. The Bertz CT molecular complexity index is 1180. The van der Waals surface area contributed by atoms with Gasteiger partial charge in [0.25, 0.3) is 5.91 Å². The Morgan fingerprint density at radius 3 is 2.19 bits per heavy atom. The molecule has 4 saturated carbocycles. The third-order valence-electron chi connectivity index (χ3n) is 8.83. The van der Waals surface area contributed by atoms with Crippen LogP contribution in [0.4, 0.5) is 11.4 Å². The van der Waals surface area contributed by atoms with Gasteiger partial charge in [0.1, 0.15) is 11.8 Å². The molecule has 0 aromatic heterocycles. The Morgan fingerprint density at radius 2 is 1.62 bits per heavy atom. The number of ether oxygens (including phenoxy) is 1. The standard InChI is InChI=1S/C29H32ClN3O3S/c1-36-24-8-4-22(5-9-24)31-26(34)13-25-27(35)33(23-6-2-21(30)3-7-23)28(37)32(25)17-29-14-18-10-19(15-29)12-20(11-18)16-29/h2-9,18-20,25H,10-17H2,1H3,(H,31,34). The molecule has 2 amide bonds. The van der Waals surface area contributed by atoms with E-state index in [-0.39, 0.29) is 23.7 Å². The first kappa shape index (κ1) is 24.7. The largest absolute Gasteiger partial charge is 0.497 e. The maximum atomic E-state index is 13.8. The molecule has 5 aliphatic rings. The van der Waals surface area contributed by atoms with Gasteiger partial charge < -0.3 is 15.0 Å². The number of halogens is 1. The maximum absolute atomic E-state index is 13.8. The van der Waals surface area contributed by atoms with Crippen molar-refractivity contribution in [2.24, 2.45) is 23.2 Å². The molecule has 8 heteroatoms. The SMILES string of the molecule is COc1ccc(NC(=O)CC2C(=O)N(c3ccc(Cl)cc3)C(=S)N2CC23CC4CC(CC(C4)C2)C3)cc1. The number of carbonyl (C=O) groups is 2. The third-order valence-corrected chi connectivity index (χ3v) is 9.50. The van der Waals surface area contributed by atoms with Crippen LogP contribution >= 0.6 is 23.8 Å². The van der Waals surface area contributed by atoms with Crippen molar-refractivity contribution in [2.75, 3.05) is 23.9 Å². The number of nitrogens with zero attached hydrogens (tertiary/aromatic N) is 2. The molecule has 6 nitrogen and oxygen atoms in total. The van der Waals surface area contributed by atoms with Crippen LogP contribution in [0.25, 0.3) is 0 Å². The molecule has 7 rings (SSSR count). The highest BCUT2D eigenvalue weighted by atomic mass is 35.5. The third kappa shape index (κ3) is 4.72. The van der Waals surface area contributed by atoms with E-state index in [1.807, 2.05) is 12.1 Å². The summed E-state index contributed by atoms with van der Waals surface area (Å²) in [5, 5.41) is 4.04. The molecule has 194 valence electrons. The van der Waals surface area contributed by atoms with E-state index >= 15 is 0 Å². The minimum absolute atomic E-state index is 0.0431. The van der Waals surface area contributed by atoms with Crippen molar-refractivity contribution < 1.29 is 14.3 Å². The fraction of sp³-hybridized carbons (Fsp3) is 0.483. The summed E-state index contributed by atoms with van der Waals surface area (Å²) in [6.07, 6.45) is 7.73. The number of hydrogen-bond acceptors (Lipinski definition) is 4. The number of carbonyl (C=O) groups excluding carboxylic acids is 2. The Morgan fingerprint density at radius 1 is 1.03 bits per heavy atom. The van der Waals surface area contributed by atoms with E-state index in [2.05, 4.69) is 10.2 Å². The molecule has 1 aliphatic heterocycles. The number of hydrogen-bond donors (Lipinski definition) is 1. The average Bonchev–Trinajstić information content (AvgIpc) is 3.08. The van der Waals surface area contributed by atoms with Crippen LogP contribution in [0.2, 0.25) is 5.02 Å². The summed E-state index contributed by atoms with van der Waals surface area (Å²) in [4.78, 5) is 30.7. The van der Waals surface area contributed by atoms with Crippen molar-refractivity contribution in [2.45, 2.75) is 51.0 Å². The van der Waals surface area contributed by atoms with Gasteiger partial charge in [-0.1, -0.05) is 11.6 Å². The first-order valence-electron chi connectivity index (χ1n) is 13.2. The summed E-state index contributed by atoms with van der Waals surface area (Å²) in [5.74, 6) is 2.74. The molecule has 1 heterocycles. The number of anilines is 2. The van der Waals surface area contributed by atoms with Crippen LogP contribution < -0.4 is 15.0 Å². The molecule has 0 spiro atoms. The van der Waals surface area contributed by atoms with E-state index in [1.54, 1.807) is 48.4 Å². The van der Waals surface area contributed by atoms with Crippen molar-refractivity contribution in [1.29, 1.82) is 0 Å². The van der Waals surface area contributed by atoms with Crippen LogP contribution in [0.1, 0.15) is 44.9 Å². The molecule has 2 aromatic rings. The van der Waals surface area contributed by atoms with Crippen molar-refractivity contribution in [1.82, 2.24) is 4.90 Å². The normalized spacial score (nSPS) is 30.2. The molecule has 1 atom stereocenters. The Balaban J connectivity index is 1.26. The number of thiocarbonyl (C=S) groups is 1. The minimum atomic E-state index is -0.630. The zero-order valence-corrected chi connectivity index (χ0v) is 22.6. The molecule has 1 unspecified atom stereocenters. The van der Waals surface area contributed by atoms with Gasteiger partial charge in [0.2, 0.25) is 5.91 Å². The maximum Gasteiger partial charge on any atom is 0.256 e. The summed E-state index contributed by atoms with van der Waals surface area (Å²) in [6, 6.07) is 13.7. The van der Waals surface area contributed by atoms with Gasteiger partial charge in [-0.05, 0) is 122 Å². The highest BCUT2D eigenvalue weighted by molar-refractivity contribution is 7.80. The van der Waals surface area contributed by atoms with E-state index in [9.17, 15) is 9.59 Å². The molecule has 37 heavy (non-hydrogen) atoms. The zero-order valence-electron chi connectivity index (χ0n) is 21.0. The lowest BCUT2D eigenvalue weighted by atomic mass is 9.49. The summed E-state index contributed by atoms with van der Waals surface area (Å²) < 4.78 is 5.21. The second-order valence-electron chi connectivity index (χ2n) is 11.5. The lowest BCUT2D eigenvalue weighted by molar-refractivity contribution is -0.125. The second kappa shape index (κ2) is 9.59. The molecule has 5 fully saturated rings. The lowest BCUT2D eigenvalue weighted by Crippen LogP contribution is -2.53. The second-order valence-corrected chi connectivity index (χ2v) is 12.3. The molecular weight excluding hydrogens is 506 g/mol. The van der Waals surface area contributed by atoms with Gasteiger partial charge in [0.05, 0.1) is 19.2 Å². The number of amides is 2. The van der Waals surface area contributed by atoms with Crippen LogP contribution in [0.3, 0.4) is 0 Å². The summed E-state index contributed by atoms with van der Waals surface area (Å²) in [5.41, 5.74) is 1.54. The number of methoxy groups -OCH3 is 1. The molecule has 1 N–H and O–H groups in total. The minimum Gasteiger partial charge on any atom is -0.497 e. The van der Waals surface area contributed by atoms with Gasteiger partial charge in [-0.2, -0.15) is 0 Å². The average molecular weight is 538 g/mol. The van der Waals surface area contributed by atoms with E-state index < -0.39 is 6.04 Å². The Kier molecular flexibility index (Phi) is 6.40. The van der Waals surface area contributed by atoms with Crippen LogP contribution in [-0.4, -0.2) is 41.5 Å². The number of rotatable bonds is 7. The number of benzene rings is 2. The molecule has 4 aliphatic carbocycles. The highest BCUT2D eigenvalue weighted by Gasteiger charge is 2.54. The monoisotopic (exact) mass is 537 g/mol. The van der Waals surface area contributed by atoms with Crippen LogP contribution in [0.5, 0.6) is 5.75 Å². The predicted octanol–water partition coefficient (Wildman–Crippen LogP) is 5.90. The van der Waals surface area contributed by atoms with Crippen molar-refractivity contribution in [3.05, 3.63) is 53.6 Å². The van der Waals surface area contributed by atoms with Crippen molar-refractivity contribution in [3.8, 4) is 5.75 Å². The van der Waals surface area contributed by atoms with Crippen molar-refractivity contribution in [3.63, 3.8) is 0 Å². The summed E-state index contributed by atoms with van der Waals surface area (Å²) in [7, 11) is 1.60. The smallest absolute Gasteiger partial charge is 0.256 e. The van der Waals surface area contributed by atoms with E-state index in [1.165, 1.54) is 38.5 Å². The first-order valence-corrected chi connectivity index (χ1v) is 14.0. The van der Waals surface area contributed by atoms with Gasteiger partial charge in [-0.3, -0.25) is 14.5 Å². The first-order chi connectivity index (χ1) is 17.8. The van der Waals surface area contributed by atoms with Gasteiger partial charge in [-0.25, -0.2) is 0 Å². The van der Waals surface area contributed by atoms with Crippen LogP contribution in [-0.2, 0) is 9.59 Å². The van der Waals surface area contributed by atoms with Crippen LogP contribution in [0.15, 0.2) is 48.5 Å². The highest BCUT2D eigenvalue weighted by Crippen LogP contribution is 2.60. The molecular formula is C29H32ClN3O3S. The fourth-order valence-electron chi connectivity index (χ4n) is 7.75. The molecule has 4 bridgehead atoms. The Labute approximate surface area is 228 Å². The van der Waals surface area contributed by atoms with E-state index in [4.69, 9.17) is 28.6 Å².